The Balaban J connectivity index is 1.53. The van der Waals surface area contributed by atoms with Gasteiger partial charge in [0.25, 0.3) is 0 Å². The van der Waals surface area contributed by atoms with Crippen LogP contribution in [0.5, 0.6) is 0 Å². The molecule has 0 amide bonds. The molecule has 0 saturated heterocycles. The normalized spacial score (nSPS) is 32.5. The van der Waals surface area contributed by atoms with Crippen molar-refractivity contribution in [3.63, 3.8) is 0 Å². The molecule has 3 unspecified atom stereocenters. The van der Waals surface area contributed by atoms with Crippen molar-refractivity contribution in [3.05, 3.63) is 18.0 Å². The Kier molecular flexibility index (Phi) is 2.95. The number of aryl methyl sites for hydroxylation is 2. The summed E-state index contributed by atoms with van der Waals surface area (Å²) in [4.78, 5) is 0. The van der Waals surface area contributed by atoms with Gasteiger partial charge < -0.3 is 5.32 Å². The van der Waals surface area contributed by atoms with Crippen molar-refractivity contribution >= 4 is 0 Å². The monoisotopic (exact) mass is 233 g/mol. The molecule has 2 aliphatic rings. The van der Waals surface area contributed by atoms with E-state index < -0.39 is 0 Å². The number of nitrogens with one attached hydrogen (secondary N) is 1. The highest BCUT2D eigenvalue weighted by atomic mass is 15.2. The molecule has 0 aromatic carbocycles. The minimum atomic E-state index is 0.727. The SMILES string of the molecule is CNC(CCc1cnn(C)c1)C1C2CCCC21. The van der Waals surface area contributed by atoms with Crippen LogP contribution in [0.3, 0.4) is 0 Å². The van der Waals surface area contributed by atoms with Crippen LogP contribution in [-0.2, 0) is 13.5 Å². The van der Waals surface area contributed by atoms with Crippen molar-refractivity contribution in [1.82, 2.24) is 15.1 Å². The summed E-state index contributed by atoms with van der Waals surface area (Å²) in [5.41, 5.74) is 1.37. The average molecular weight is 233 g/mol. The minimum Gasteiger partial charge on any atom is -0.317 e. The molecule has 3 nitrogen and oxygen atoms in total. The third-order valence-corrected chi connectivity index (χ3v) is 4.81. The molecule has 1 aromatic rings. The van der Waals surface area contributed by atoms with E-state index in [0.717, 1.165) is 30.2 Å². The molecule has 2 fully saturated rings. The van der Waals surface area contributed by atoms with Crippen LogP contribution in [0.1, 0.15) is 31.2 Å². The van der Waals surface area contributed by atoms with Crippen molar-refractivity contribution in [2.45, 2.75) is 38.1 Å². The molecule has 17 heavy (non-hydrogen) atoms. The quantitative estimate of drug-likeness (QED) is 0.843. The van der Waals surface area contributed by atoms with E-state index in [9.17, 15) is 0 Å². The Morgan fingerprint density at radius 3 is 2.82 bits per heavy atom. The Morgan fingerprint density at radius 2 is 2.24 bits per heavy atom. The van der Waals surface area contributed by atoms with Gasteiger partial charge in [0.05, 0.1) is 6.20 Å². The van der Waals surface area contributed by atoms with Gasteiger partial charge in [-0.1, -0.05) is 6.42 Å². The van der Waals surface area contributed by atoms with Crippen LogP contribution in [0.4, 0.5) is 0 Å². The van der Waals surface area contributed by atoms with E-state index in [2.05, 4.69) is 23.7 Å². The number of aromatic nitrogens is 2. The van der Waals surface area contributed by atoms with E-state index in [1.165, 1.54) is 31.2 Å². The second-order valence-electron chi connectivity index (χ2n) is 5.79. The van der Waals surface area contributed by atoms with Crippen molar-refractivity contribution in [2.24, 2.45) is 24.8 Å². The fourth-order valence-corrected chi connectivity index (χ4v) is 3.93. The number of hydrogen-bond donors (Lipinski definition) is 1. The second-order valence-corrected chi connectivity index (χ2v) is 5.79. The summed E-state index contributed by atoms with van der Waals surface area (Å²) in [7, 11) is 4.12. The fraction of sp³-hybridized carbons (Fsp3) is 0.786. The molecule has 2 saturated carbocycles. The van der Waals surface area contributed by atoms with Crippen molar-refractivity contribution in [3.8, 4) is 0 Å². The maximum atomic E-state index is 4.23. The van der Waals surface area contributed by atoms with Crippen LogP contribution >= 0.6 is 0 Å². The summed E-state index contributed by atoms with van der Waals surface area (Å²) in [5, 5.41) is 7.78. The lowest BCUT2D eigenvalue weighted by Crippen LogP contribution is -2.29. The number of nitrogens with zero attached hydrogens (tertiary/aromatic N) is 2. The number of fused-ring (bicyclic) bond motifs is 1. The lowest BCUT2D eigenvalue weighted by Gasteiger charge is -2.17. The van der Waals surface area contributed by atoms with Crippen molar-refractivity contribution in [1.29, 1.82) is 0 Å². The first kappa shape index (κ1) is 11.3. The van der Waals surface area contributed by atoms with Crippen molar-refractivity contribution < 1.29 is 0 Å². The topological polar surface area (TPSA) is 29.9 Å². The van der Waals surface area contributed by atoms with E-state index in [-0.39, 0.29) is 0 Å². The maximum absolute atomic E-state index is 4.23. The Labute approximate surface area is 104 Å². The van der Waals surface area contributed by atoms with Gasteiger partial charge in [0.2, 0.25) is 0 Å². The van der Waals surface area contributed by atoms with Crippen LogP contribution in [0.15, 0.2) is 12.4 Å². The zero-order valence-electron chi connectivity index (χ0n) is 10.9. The molecule has 1 aromatic heterocycles. The maximum Gasteiger partial charge on any atom is 0.0521 e. The van der Waals surface area contributed by atoms with E-state index in [0.29, 0.717) is 0 Å². The van der Waals surface area contributed by atoms with Crippen LogP contribution in [0, 0.1) is 17.8 Å². The van der Waals surface area contributed by atoms with E-state index in [4.69, 9.17) is 0 Å². The molecule has 3 atom stereocenters. The Hall–Kier alpha value is -0.830. The molecule has 94 valence electrons. The molecule has 0 radical (unpaired) electrons. The van der Waals surface area contributed by atoms with Gasteiger partial charge in [-0.05, 0) is 56.0 Å². The van der Waals surface area contributed by atoms with Crippen LogP contribution in [-0.4, -0.2) is 22.9 Å². The van der Waals surface area contributed by atoms with Crippen LogP contribution in [0.25, 0.3) is 0 Å². The largest absolute Gasteiger partial charge is 0.317 e. The standard InChI is InChI=1S/C14H23N3/c1-15-13(14-11-4-3-5-12(11)14)7-6-10-8-16-17(2)9-10/h8-9,11-15H,3-7H2,1-2H3. The third-order valence-electron chi connectivity index (χ3n) is 4.81. The van der Waals surface area contributed by atoms with Gasteiger partial charge >= 0.3 is 0 Å². The van der Waals surface area contributed by atoms with E-state index in [1.807, 2.05) is 17.9 Å². The van der Waals surface area contributed by atoms with Gasteiger partial charge in [0, 0.05) is 19.3 Å². The zero-order valence-corrected chi connectivity index (χ0v) is 10.9. The molecule has 1 heterocycles. The minimum absolute atomic E-state index is 0.727. The highest BCUT2D eigenvalue weighted by molar-refractivity contribution is 5.09. The van der Waals surface area contributed by atoms with Crippen LogP contribution in [0.2, 0.25) is 0 Å². The van der Waals surface area contributed by atoms with Gasteiger partial charge in [-0.15, -0.1) is 0 Å². The predicted octanol–water partition coefficient (Wildman–Crippen LogP) is 1.99. The smallest absolute Gasteiger partial charge is 0.0521 e. The van der Waals surface area contributed by atoms with E-state index >= 15 is 0 Å². The second kappa shape index (κ2) is 4.45. The molecule has 0 aliphatic heterocycles. The first-order valence-corrected chi connectivity index (χ1v) is 6.94. The lowest BCUT2D eigenvalue weighted by atomic mass is 9.98. The highest BCUT2D eigenvalue weighted by Gasteiger charge is 2.55. The highest BCUT2D eigenvalue weighted by Crippen LogP contribution is 2.59. The van der Waals surface area contributed by atoms with Crippen molar-refractivity contribution in [2.75, 3.05) is 7.05 Å². The molecule has 2 aliphatic carbocycles. The van der Waals surface area contributed by atoms with Gasteiger partial charge in [-0.2, -0.15) is 5.10 Å². The third kappa shape index (κ3) is 2.13. The summed E-state index contributed by atoms with van der Waals surface area (Å²) in [6.45, 7) is 0. The van der Waals surface area contributed by atoms with Gasteiger partial charge in [-0.25, -0.2) is 0 Å². The summed E-state index contributed by atoms with van der Waals surface area (Å²) in [6.07, 6.45) is 11.0. The molecule has 1 N–H and O–H groups in total. The molecule has 3 rings (SSSR count). The summed E-state index contributed by atoms with van der Waals surface area (Å²) in [5.74, 6) is 3.09. The summed E-state index contributed by atoms with van der Waals surface area (Å²) < 4.78 is 1.90. The van der Waals surface area contributed by atoms with Gasteiger partial charge in [-0.3, -0.25) is 4.68 Å². The average Bonchev–Trinajstić information content (AvgIpc) is 2.72. The first-order chi connectivity index (χ1) is 8.29. The van der Waals surface area contributed by atoms with Gasteiger partial charge in [0.15, 0.2) is 0 Å². The zero-order chi connectivity index (χ0) is 11.8. The molecular weight excluding hydrogens is 210 g/mol. The molecule has 0 bridgehead atoms. The Morgan fingerprint density at radius 1 is 1.47 bits per heavy atom. The molecule has 0 spiro atoms. The fourth-order valence-electron chi connectivity index (χ4n) is 3.93. The van der Waals surface area contributed by atoms with Gasteiger partial charge in [0.1, 0.15) is 0 Å². The Bertz CT molecular complexity index is 375. The molecule has 3 heteroatoms. The number of hydrogen-bond acceptors (Lipinski definition) is 2. The number of rotatable bonds is 5. The van der Waals surface area contributed by atoms with E-state index in [1.54, 1.807) is 0 Å². The lowest BCUT2D eigenvalue weighted by molar-refractivity contribution is 0.408. The first-order valence-electron chi connectivity index (χ1n) is 6.94. The van der Waals surface area contributed by atoms with Crippen LogP contribution < -0.4 is 5.32 Å². The summed E-state index contributed by atoms with van der Waals surface area (Å²) in [6, 6.07) is 0.727. The predicted molar refractivity (Wildman–Crippen MR) is 68.7 cm³/mol. The molecular formula is C14H23N3. The summed E-state index contributed by atoms with van der Waals surface area (Å²) >= 11 is 0.